The molecule has 5 nitrogen and oxygen atoms in total. The average molecular weight is 268 g/mol. The van der Waals surface area contributed by atoms with Crippen molar-refractivity contribution >= 4 is 26.0 Å². The third kappa shape index (κ3) is 2.29. The van der Waals surface area contributed by atoms with Gasteiger partial charge in [-0.05, 0) is 22.4 Å². The molecule has 0 bridgehead atoms. The minimum Gasteiger partial charge on any atom is -0.252 e. The van der Waals surface area contributed by atoms with Crippen LogP contribution in [-0.4, -0.2) is 18.2 Å². The van der Waals surface area contributed by atoms with Gasteiger partial charge in [-0.25, -0.2) is 13.6 Å². The summed E-state index contributed by atoms with van der Waals surface area (Å²) in [6.07, 6.45) is 2.23. The summed E-state index contributed by atoms with van der Waals surface area (Å²) in [5.41, 5.74) is 0. The van der Waals surface area contributed by atoms with Crippen molar-refractivity contribution in [2.75, 3.05) is 0 Å². The normalized spacial score (nSPS) is 11.9. The molecular formula is C6H10BrN3O2S. The van der Waals surface area contributed by atoms with Gasteiger partial charge in [-0.15, -0.1) is 0 Å². The zero-order valence-corrected chi connectivity index (χ0v) is 9.47. The number of aromatic nitrogens is 2. The standard InChI is InChI=1S/C6H10BrN3O2S/c1-2-3-10-6(13(8,11)12)5(7)4-9-10/h4H,2-3H2,1H3,(H2,8,11,12). The molecule has 1 rings (SSSR count). The van der Waals surface area contributed by atoms with Gasteiger partial charge in [0.2, 0.25) is 0 Å². The van der Waals surface area contributed by atoms with Crippen LogP contribution >= 0.6 is 15.9 Å². The van der Waals surface area contributed by atoms with Gasteiger partial charge in [0.05, 0.1) is 10.7 Å². The number of hydrogen-bond acceptors (Lipinski definition) is 3. The predicted octanol–water partition coefficient (Wildman–Crippen LogP) is 0.703. The second-order valence-corrected chi connectivity index (χ2v) is 4.90. The van der Waals surface area contributed by atoms with Crippen molar-refractivity contribution in [3.8, 4) is 0 Å². The molecule has 0 amide bonds. The minimum absolute atomic E-state index is 0.0364. The first-order valence-electron chi connectivity index (χ1n) is 3.71. The van der Waals surface area contributed by atoms with Crippen LogP contribution in [0.2, 0.25) is 0 Å². The van der Waals surface area contributed by atoms with E-state index >= 15 is 0 Å². The molecule has 2 N–H and O–H groups in total. The van der Waals surface area contributed by atoms with Crippen LogP contribution in [-0.2, 0) is 16.6 Å². The summed E-state index contributed by atoms with van der Waals surface area (Å²) in [6, 6.07) is 0. The van der Waals surface area contributed by atoms with Crippen molar-refractivity contribution in [3.63, 3.8) is 0 Å². The van der Waals surface area contributed by atoms with Crippen LogP contribution in [0.4, 0.5) is 0 Å². The monoisotopic (exact) mass is 267 g/mol. The largest absolute Gasteiger partial charge is 0.256 e. The van der Waals surface area contributed by atoms with Crippen LogP contribution in [0.15, 0.2) is 15.7 Å². The van der Waals surface area contributed by atoms with Gasteiger partial charge in [0.15, 0.2) is 5.03 Å². The fourth-order valence-corrected chi connectivity index (χ4v) is 2.73. The van der Waals surface area contributed by atoms with E-state index in [1.54, 1.807) is 0 Å². The Kier molecular flexibility index (Phi) is 3.09. The summed E-state index contributed by atoms with van der Waals surface area (Å²) in [5.74, 6) is 0. The van der Waals surface area contributed by atoms with E-state index in [0.717, 1.165) is 6.42 Å². The van der Waals surface area contributed by atoms with E-state index < -0.39 is 10.0 Å². The molecule has 1 aromatic heterocycles. The van der Waals surface area contributed by atoms with Gasteiger partial charge in [0.25, 0.3) is 10.0 Å². The molecule has 0 fully saturated rings. The van der Waals surface area contributed by atoms with E-state index in [1.165, 1.54) is 10.9 Å². The average Bonchev–Trinajstić information content (AvgIpc) is 2.31. The highest BCUT2D eigenvalue weighted by Gasteiger charge is 2.18. The highest BCUT2D eigenvalue weighted by molar-refractivity contribution is 9.10. The molecule has 0 aliphatic carbocycles. The Morgan fingerprint density at radius 3 is 2.77 bits per heavy atom. The third-order valence-corrected chi connectivity index (χ3v) is 3.27. The molecule has 0 radical (unpaired) electrons. The smallest absolute Gasteiger partial charge is 0.252 e. The Balaban J connectivity index is 3.25. The van der Waals surface area contributed by atoms with E-state index in [9.17, 15) is 8.42 Å². The molecule has 0 saturated carbocycles. The maximum Gasteiger partial charge on any atom is 0.256 e. The molecule has 13 heavy (non-hydrogen) atoms. The first-order valence-corrected chi connectivity index (χ1v) is 6.05. The second-order valence-electron chi connectivity index (χ2n) is 2.57. The zero-order valence-electron chi connectivity index (χ0n) is 7.07. The van der Waals surface area contributed by atoms with Gasteiger partial charge < -0.3 is 0 Å². The third-order valence-electron chi connectivity index (χ3n) is 1.45. The summed E-state index contributed by atoms with van der Waals surface area (Å²) >= 11 is 3.08. The van der Waals surface area contributed by atoms with Gasteiger partial charge in [-0.2, -0.15) is 5.10 Å². The van der Waals surface area contributed by atoms with E-state index in [-0.39, 0.29) is 5.03 Å². The van der Waals surface area contributed by atoms with Crippen LogP contribution in [0.25, 0.3) is 0 Å². The van der Waals surface area contributed by atoms with Gasteiger partial charge >= 0.3 is 0 Å². The van der Waals surface area contributed by atoms with E-state index in [0.29, 0.717) is 11.0 Å². The number of nitrogens with zero attached hydrogens (tertiary/aromatic N) is 2. The number of halogens is 1. The lowest BCUT2D eigenvalue weighted by Crippen LogP contribution is -2.18. The quantitative estimate of drug-likeness (QED) is 0.876. The molecule has 1 heterocycles. The highest BCUT2D eigenvalue weighted by atomic mass is 79.9. The minimum atomic E-state index is -3.69. The maximum atomic E-state index is 11.1. The molecule has 0 unspecified atom stereocenters. The van der Waals surface area contributed by atoms with Crippen LogP contribution in [0.5, 0.6) is 0 Å². The Hall–Kier alpha value is -0.400. The van der Waals surface area contributed by atoms with Crippen molar-refractivity contribution in [1.29, 1.82) is 0 Å². The summed E-state index contributed by atoms with van der Waals surface area (Å²) in [6.45, 7) is 2.47. The number of rotatable bonds is 3. The second kappa shape index (κ2) is 3.77. The predicted molar refractivity (Wildman–Crippen MR) is 51.6 cm³/mol. The van der Waals surface area contributed by atoms with Crippen LogP contribution in [0.1, 0.15) is 13.3 Å². The SMILES string of the molecule is CCCn1ncc(Br)c1S(N)(=O)=O. The Labute approximate surface area is 85.1 Å². The maximum absolute atomic E-state index is 11.1. The molecule has 0 aromatic carbocycles. The summed E-state index contributed by atoms with van der Waals surface area (Å²) in [5, 5.41) is 8.93. The molecule has 0 aliphatic heterocycles. The lowest BCUT2D eigenvalue weighted by molar-refractivity contribution is 0.530. The summed E-state index contributed by atoms with van der Waals surface area (Å²) < 4.78 is 24.0. The van der Waals surface area contributed by atoms with E-state index in [4.69, 9.17) is 5.14 Å². The molecular weight excluding hydrogens is 258 g/mol. The van der Waals surface area contributed by atoms with Crippen molar-refractivity contribution in [1.82, 2.24) is 9.78 Å². The van der Waals surface area contributed by atoms with Gasteiger partial charge in [-0.1, -0.05) is 6.92 Å². The van der Waals surface area contributed by atoms with Crippen LogP contribution in [0.3, 0.4) is 0 Å². The Morgan fingerprint density at radius 2 is 2.31 bits per heavy atom. The topological polar surface area (TPSA) is 78.0 Å². The number of sulfonamides is 1. The Bertz CT molecular complexity index is 398. The van der Waals surface area contributed by atoms with Gasteiger partial charge in [-0.3, -0.25) is 4.68 Å². The molecule has 7 heteroatoms. The highest BCUT2D eigenvalue weighted by Crippen LogP contribution is 2.19. The van der Waals surface area contributed by atoms with Gasteiger partial charge in [0, 0.05) is 6.54 Å². The number of nitrogens with two attached hydrogens (primary N) is 1. The van der Waals surface area contributed by atoms with Crippen LogP contribution in [0, 0.1) is 0 Å². The van der Waals surface area contributed by atoms with Gasteiger partial charge in [0.1, 0.15) is 0 Å². The lowest BCUT2D eigenvalue weighted by atomic mass is 10.5. The van der Waals surface area contributed by atoms with E-state index in [2.05, 4.69) is 21.0 Å². The van der Waals surface area contributed by atoms with E-state index in [1.807, 2.05) is 6.92 Å². The fraction of sp³-hybridized carbons (Fsp3) is 0.500. The molecule has 0 aliphatic rings. The number of hydrogen-bond donors (Lipinski definition) is 1. The molecule has 0 saturated heterocycles. The number of aryl methyl sites for hydroxylation is 1. The summed E-state index contributed by atoms with van der Waals surface area (Å²) in [7, 11) is -3.69. The van der Waals surface area contributed by atoms with Crippen molar-refractivity contribution in [2.45, 2.75) is 24.9 Å². The number of primary sulfonamides is 1. The van der Waals surface area contributed by atoms with Crippen molar-refractivity contribution < 1.29 is 8.42 Å². The molecule has 74 valence electrons. The zero-order chi connectivity index (χ0) is 10.1. The lowest BCUT2D eigenvalue weighted by Gasteiger charge is -2.03. The molecule has 0 atom stereocenters. The summed E-state index contributed by atoms with van der Waals surface area (Å²) in [4.78, 5) is 0. The van der Waals surface area contributed by atoms with Crippen LogP contribution < -0.4 is 5.14 Å². The fourth-order valence-electron chi connectivity index (χ4n) is 1.01. The molecule has 0 spiro atoms. The molecule has 1 aromatic rings. The first-order chi connectivity index (χ1) is 5.96. The Morgan fingerprint density at radius 1 is 1.69 bits per heavy atom. The van der Waals surface area contributed by atoms with Crippen molar-refractivity contribution in [3.05, 3.63) is 10.7 Å². The first kappa shape index (κ1) is 10.7. The van der Waals surface area contributed by atoms with Crippen molar-refractivity contribution in [2.24, 2.45) is 5.14 Å².